The van der Waals surface area contributed by atoms with E-state index in [9.17, 15) is 9.59 Å². The van der Waals surface area contributed by atoms with Gasteiger partial charge >= 0.3 is 5.97 Å². The third-order valence-electron chi connectivity index (χ3n) is 7.34. The van der Waals surface area contributed by atoms with E-state index in [1.807, 2.05) is 154 Å². The van der Waals surface area contributed by atoms with Gasteiger partial charge < -0.3 is 4.74 Å². The molecule has 5 rings (SSSR count). The Labute approximate surface area is 260 Å². The molecule has 0 saturated carbocycles. The number of hydrogen-bond donors (Lipinski definition) is 0. The van der Waals surface area contributed by atoms with Crippen LogP contribution in [0.4, 0.5) is 0 Å². The van der Waals surface area contributed by atoms with E-state index >= 15 is 0 Å². The molecular formula is C40H37NO3. The summed E-state index contributed by atoms with van der Waals surface area (Å²) in [4.78, 5) is 33.1. The molecule has 0 aliphatic rings. The highest BCUT2D eigenvalue weighted by molar-refractivity contribution is 6.13. The van der Waals surface area contributed by atoms with Gasteiger partial charge in [-0.05, 0) is 37.5 Å². The van der Waals surface area contributed by atoms with E-state index in [-0.39, 0.29) is 12.2 Å². The van der Waals surface area contributed by atoms with Crippen molar-refractivity contribution in [1.82, 2.24) is 0 Å². The van der Waals surface area contributed by atoms with Crippen molar-refractivity contribution in [2.75, 3.05) is 0 Å². The molecule has 0 aromatic heterocycles. The molecule has 0 fully saturated rings. The maximum absolute atomic E-state index is 14.1. The number of hydrogen-bond acceptors (Lipinski definition) is 4. The minimum absolute atomic E-state index is 0.0625. The minimum Gasteiger partial charge on any atom is -0.458 e. The van der Waals surface area contributed by atoms with Gasteiger partial charge in [0.1, 0.15) is 5.60 Å². The summed E-state index contributed by atoms with van der Waals surface area (Å²) >= 11 is 0. The van der Waals surface area contributed by atoms with Gasteiger partial charge in [-0.1, -0.05) is 146 Å². The smallest absolute Gasteiger partial charge is 0.332 e. The summed E-state index contributed by atoms with van der Waals surface area (Å²) in [5, 5.41) is 0. The lowest BCUT2D eigenvalue weighted by Crippen LogP contribution is -2.36. The molecule has 0 N–H and O–H groups in total. The first-order valence-electron chi connectivity index (χ1n) is 14.9. The Morgan fingerprint density at radius 1 is 0.591 bits per heavy atom. The van der Waals surface area contributed by atoms with Crippen molar-refractivity contribution in [3.8, 4) is 11.1 Å². The molecule has 2 atom stereocenters. The summed E-state index contributed by atoms with van der Waals surface area (Å²) < 4.78 is 6.00. The summed E-state index contributed by atoms with van der Waals surface area (Å²) in [6.07, 6.45) is 0.0823. The van der Waals surface area contributed by atoms with Crippen LogP contribution in [0.3, 0.4) is 0 Å². The van der Waals surface area contributed by atoms with Crippen molar-refractivity contribution in [3.63, 3.8) is 0 Å². The van der Waals surface area contributed by atoms with Crippen LogP contribution in [0.25, 0.3) is 11.1 Å². The average molecular weight is 580 g/mol. The zero-order valence-electron chi connectivity index (χ0n) is 25.4. The number of nitrogens with zero attached hydrogens (tertiary/aromatic N) is 1. The quantitative estimate of drug-likeness (QED) is 0.0943. The Morgan fingerprint density at radius 2 is 1.02 bits per heavy atom. The molecule has 4 heteroatoms. The number of aliphatic imine (C=N–C) groups is 1. The zero-order chi connectivity index (χ0) is 30.9. The van der Waals surface area contributed by atoms with Gasteiger partial charge in [0.25, 0.3) is 0 Å². The molecule has 0 aliphatic carbocycles. The van der Waals surface area contributed by atoms with E-state index in [0.717, 1.165) is 27.8 Å². The predicted molar refractivity (Wildman–Crippen MR) is 178 cm³/mol. The van der Waals surface area contributed by atoms with Gasteiger partial charge in [0, 0.05) is 29.0 Å². The molecule has 5 aromatic carbocycles. The number of ether oxygens (including phenoxy) is 1. The second-order valence-electron chi connectivity index (χ2n) is 11.8. The van der Waals surface area contributed by atoms with Crippen LogP contribution in [0.2, 0.25) is 0 Å². The summed E-state index contributed by atoms with van der Waals surface area (Å²) in [5.41, 5.74) is 5.25. The van der Waals surface area contributed by atoms with Crippen LogP contribution in [0.15, 0.2) is 151 Å². The Balaban J connectivity index is 1.66. The number of rotatable bonds is 10. The molecule has 0 radical (unpaired) electrons. The maximum Gasteiger partial charge on any atom is 0.332 e. The van der Waals surface area contributed by atoms with Gasteiger partial charge in [0.05, 0.1) is 5.71 Å². The van der Waals surface area contributed by atoms with E-state index in [0.29, 0.717) is 11.3 Å². The van der Waals surface area contributed by atoms with Crippen molar-refractivity contribution >= 4 is 17.5 Å². The van der Waals surface area contributed by atoms with Gasteiger partial charge in [0.2, 0.25) is 0 Å². The van der Waals surface area contributed by atoms with Crippen molar-refractivity contribution < 1.29 is 14.3 Å². The number of esters is 1. The average Bonchev–Trinajstić information content (AvgIpc) is 3.05. The highest BCUT2D eigenvalue weighted by Gasteiger charge is 2.35. The van der Waals surface area contributed by atoms with Crippen LogP contribution in [0, 0.1) is 0 Å². The SMILES string of the molecule is CC(C)(C)OC(=O)[C@H](N=C(c1ccccc1)c1ccccc1)[C@@H](CC(=O)c1ccccc1)c1ccc(-c2ccccc2)cc1. The van der Waals surface area contributed by atoms with E-state index in [4.69, 9.17) is 9.73 Å². The number of benzene rings is 5. The molecule has 0 unspecified atom stereocenters. The summed E-state index contributed by atoms with van der Waals surface area (Å²) in [5.74, 6) is -1.11. The highest BCUT2D eigenvalue weighted by atomic mass is 16.6. The molecular weight excluding hydrogens is 542 g/mol. The van der Waals surface area contributed by atoms with Gasteiger partial charge in [-0.3, -0.25) is 9.79 Å². The Hall–Kier alpha value is -5.09. The van der Waals surface area contributed by atoms with Crippen LogP contribution in [0.5, 0.6) is 0 Å². The largest absolute Gasteiger partial charge is 0.458 e. The first-order chi connectivity index (χ1) is 21.3. The molecule has 0 aliphatic heterocycles. The number of carbonyl (C=O) groups excluding carboxylic acids is 2. The molecule has 0 spiro atoms. The fourth-order valence-corrected chi connectivity index (χ4v) is 5.22. The molecule has 0 bridgehead atoms. The topological polar surface area (TPSA) is 55.7 Å². The van der Waals surface area contributed by atoms with E-state index in [1.54, 1.807) is 0 Å². The Morgan fingerprint density at radius 3 is 1.50 bits per heavy atom. The van der Waals surface area contributed by atoms with Crippen molar-refractivity contribution in [2.45, 2.75) is 44.8 Å². The van der Waals surface area contributed by atoms with Gasteiger partial charge in [-0.15, -0.1) is 0 Å². The lowest BCUT2D eigenvalue weighted by Gasteiger charge is -2.28. The predicted octanol–water partition coefficient (Wildman–Crippen LogP) is 8.96. The maximum atomic E-state index is 14.1. The Bertz CT molecular complexity index is 1650. The first-order valence-corrected chi connectivity index (χ1v) is 14.9. The third-order valence-corrected chi connectivity index (χ3v) is 7.34. The van der Waals surface area contributed by atoms with Gasteiger partial charge in [0.15, 0.2) is 11.8 Å². The molecule has 220 valence electrons. The molecule has 0 amide bonds. The van der Waals surface area contributed by atoms with E-state index in [1.165, 1.54) is 0 Å². The van der Waals surface area contributed by atoms with Crippen LogP contribution >= 0.6 is 0 Å². The second-order valence-corrected chi connectivity index (χ2v) is 11.8. The van der Waals surface area contributed by atoms with E-state index in [2.05, 4.69) is 12.1 Å². The Kier molecular flexibility index (Phi) is 9.61. The number of carbonyl (C=O) groups is 2. The van der Waals surface area contributed by atoms with Crippen LogP contribution in [0.1, 0.15) is 60.2 Å². The second kappa shape index (κ2) is 13.9. The fourth-order valence-electron chi connectivity index (χ4n) is 5.22. The normalized spacial score (nSPS) is 12.5. The van der Waals surface area contributed by atoms with Crippen LogP contribution in [-0.4, -0.2) is 29.1 Å². The van der Waals surface area contributed by atoms with Crippen molar-refractivity contribution in [1.29, 1.82) is 0 Å². The molecule has 0 heterocycles. The minimum atomic E-state index is -0.986. The standard InChI is InChI=1S/C40H37NO3/c1-40(2,3)44-39(43)38(41-37(33-20-12-6-13-21-33)34-22-14-7-15-23-34)35(28-36(42)32-18-10-5-11-19-32)31-26-24-30(25-27-31)29-16-8-4-9-17-29/h4-27,35,38H,28H2,1-3H3/t35-,38+/m0/s1. The highest BCUT2D eigenvalue weighted by Crippen LogP contribution is 2.32. The van der Waals surface area contributed by atoms with Crippen molar-refractivity contribution in [2.24, 2.45) is 4.99 Å². The van der Waals surface area contributed by atoms with Crippen LogP contribution in [-0.2, 0) is 9.53 Å². The summed E-state index contributed by atoms with van der Waals surface area (Å²) in [7, 11) is 0. The summed E-state index contributed by atoms with van der Waals surface area (Å²) in [6, 6.07) is 46.1. The lowest BCUT2D eigenvalue weighted by molar-refractivity contribution is -0.156. The lowest BCUT2D eigenvalue weighted by atomic mass is 9.84. The van der Waals surface area contributed by atoms with Crippen LogP contribution < -0.4 is 0 Å². The van der Waals surface area contributed by atoms with Gasteiger partial charge in [-0.2, -0.15) is 0 Å². The molecule has 5 aromatic rings. The number of Topliss-reactive ketones (excluding diaryl/α,β-unsaturated/α-hetero) is 1. The number of ketones is 1. The molecule has 0 saturated heterocycles. The molecule has 4 nitrogen and oxygen atoms in total. The third kappa shape index (κ3) is 7.84. The van der Waals surface area contributed by atoms with Gasteiger partial charge in [-0.25, -0.2) is 4.79 Å². The monoisotopic (exact) mass is 579 g/mol. The van der Waals surface area contributed by atoms with Crippen molar-refractivity contribution in [3.05, 3.63) is 168 Å². The molecule has 44 heavy (non-hydrogen) atoms. The van der Waals surface area contributed by atoms with E-state index < -0.39 is 23.5 Å². The first kappa shape index (κ1) is 30.4. The zero-order valence-corrected chi connectivity index (χ0v) is 25.4. The summed E-state index contributed by atoms with van der Waals surface area (Å²) in [6.45, 7) is 5.54. The fraction of sp³-hybridized carbons (Fsp3) is 0.175.